The molecule has 1 aromatic heterocycles. The molecule has 32 heavy (non-hydrogen) atoms. The number of hydrogen-bond donors (Lipinski definition) is 2. The van der Waals surface area contributed by atoms with Gasteiger partial charge in [-0.25, -0.2) is 13.2 Å². The van der Waals surface area contributed by atoms with Gasteiger partial charge in [-0.15, -0.1) is 0 Å². The van der Waals surface area contributed by atoms with Gasteiger partial charge < -0.3 is 10.4 Å². The summed E-state index contributed by atoms with van der Waals surface area (Å²) in [4.78, 5) is 25.9. The van der Waals surface area contributed by atoms with E-state index in [1.807, 2.05) is 0 Å². The number of rotatable bonds is 6. The Morgan fingerprint density at radius 3 is 2.34 bits per heavy atom. The molecule has 1 heterocycles. The van der Waals surface area contributed by atoms with Crippen molar-refractivity contribution in [3.05, 3.63) is 81.9 Å². The van der Waals surface area contributed by atoms with Crippen molar-refractivity contribution in [2.75, 3.05) is 0 Å². The Morgan fingerprint density at radius 1 is 1.12 bits per heavy atom. The van der Waals surface area contributed by atoms with Crippen molar-refractivity contribution < 1.29 is 23.1 Å². The molecule has 0 radical (unpaired) electrons. The molecule has 2 N–H and O–H groups in total. The van der Waals surface area contributed by atoms with Gasteiger partial charge in [0.2, 0.25) is 0 Å². The maximum Gasteiger partial charge on any atom is 0.284 e. The van der Waals surface area contributed by atoms with Gasteiger partial charge in [-0.1, -0.05) is 30.3 Å². The molecular formula is C23H22F3N3O3. The molecule has 9 heteroatoms. The minimum absolute atomic E-state index is 0.0886. The zero-order valence-corrected chi connectivity index (χ0v) is 17.6. The van der Waals surface area contributed by atoms with E-state index in [9.17, 15) is 27.9 Å². The molecule has 0 saturated heterocycles. The molecule has 0 unspecified atom stereocenters. The number of halogens is 3. The number of alkyl halides is 2. The summed E-state index contributed by atoms with van der Waals surface area (Å²) in [7, 11) is 0. The average Bonchev–Trinajstić information content (AvgIpc) is 2.73. The summed E-state index contributed by atoms with van der Waals surface area (Å²) in [5, 5.41) is 16.9. The molecule has 0 aliphatic carbocycles. The quantitative estimate of drug-likeness (QED) is 0.604. The summed E-state index contributed by atoms with van der Waals surface area (Å²) in [6, 6.07) is 10.9. The van der Waals surface area contributed by atoms with Crippen molar-refractivity contribution in [3.63, 3.8) is 0 Å². The first-order valence-corrected chi connectivity index (χ1v) is 9.79. The first-order valence-electron chi connectivity index (χ1n) is 9.79. The minimum atomic E-state index is -2.65. The van der Waals surface area contributed by atoms with Crippen LogP contribution in [0.1, 0.15) is 43.1 Å². The van der Waals surface area contributed by atoms with Gasteiger partial charge in [-0.3, -0.25) is 9.59 Å². The number of nitrogens with zero attached hydrogens (tertiary/aromatic N) is 2. The third kappa shape index (κ3) is 5.05. The maximum absolute atomic E-state index is 13.8. The highest BCUT2D eigenvalue weighted by molar-refractivity contribution is 5.95. The van der Waals surface area contributed by atoms with Crippen LogP contribution in [0.5, 0.6) is 0 Å². The van der Waals surface area contributed by atoms with Crippen molar-refractivity contribution in [3.8, 4) is 16.9 Å². The summed E-state index contributed by atoms with van der Waals surface area (Å²) in [5.41, 5.74) is -1.93. The first kappa shape index (κ1) is 23.2. The Hall–Kier alpha value is -3.46. The maximum atomic E-state index is 13.8. The Balaban J connectivity index is 2.15. The van der Waals surface area contributed by atoms with Crippen molar-refractivity contribution >= 4 is 5.91 Å². The normalized spacial score (nSPS) is 12.6. The fourth-order valence-corrected chi connectivity index (χ4v) is 2.83. The van der Waals surface area contributed by atoms with E-state index in [0.717, 1.165) is 10.7 Å². The zero-order valence-electron chi connectivity index (χ0n) is 17.6. The molecule has 168 valence electrons. The topological polar surface area (TPSA) is 84.2 Å². The number of hydrogen-bond acceptors (Lipinski definition) is 4. The van der Waals surface area contributed by atoms with E-state index in [0.29, 0.717) is 5.56 Å². The van der Waals surface area contributed by atoms with Gasteiger partial charge in [0, 0.05) is 11.1 Å². The molecule has 3 rings (SSSR count). The Labute approximate surface area is 182 Å². The predicted molar refractivity (Wildman–Crippen MR) is 113 cm³/mol. The number of aromatic nitrogens is 2. The van der Waals surface area contributed by atoms with Crippen LogP contribution in [-0.4, -0.2) is 32.4 Å². The van der Waals surface area contributed by atoms with E-state index >= 15 is 0 Å². The molecule has 0 fully saturated rings. The lowest BCUT2D eigenvalue weighted by atomic mass is 10.0. The molecule has 3 aromatic rings. The van der Waals surface area contributed by atoms with E-state index in [-0.39, 0.29) is 22.5 Å². The smallest absolute Gasteiger partial charge is 0.284 e. The van der Waals surface area contributed by atoms with Crippen LogP contribution in [0.15, 0.2) is 59.4 Å². The van der Waals surface area contributed by atoms with Gasteiger partial charge in [0.15, 0.2) is 0 Å². The molecule has 6 nitrogen and oxygen atoms in total. The molecule has 0 aliphatic rings. The molecule has 0 bridgehead atoms. The number of aliphatic hydroxyl groups is 1. The Bertz CT molecular complexity index is 1190. The summed E-state index contributed by atoms with van der Waals surface area (Å²) < 4.78 is 40.4. The van der Waals surface area contributed by atoms with E-state index in [1.54, 1.807) is 6.92 Å². The van der Waals surface area contributed by atoms with Gasteiger partial charge in [-0.2, -0.15) is 9.78 Å². The summed E-state index contributed by atoms with van der Waals surface area (Å²) in [5.74, 6) is -1.37. The van der Waals surface area contributed by atoms with E-state index in [2.05, 4.69) is 10.4 Å². The Morgan fingerprint density at radius 2 is 1.78 bits per heavy atom. The van der Waals surface area contributed by atoms with Crippen molar-refractivity contribution in [2.24, 2.45) is 0 Å². The fourth-order valence-electron chi connectivity index (χ4n) is 2.83. The molecule has 0 spiro atoms. The fraction of sp³-hybridized carbons (Fsp3) is 0.261. The molecular weight excluding hydrogens is 423 g/mol. The van der Waals surface area contributed by atoms with E-state index in [1.165, 1.54) is 62.4 Å². The number of carbonyl (C=O) groups is 1. The monoisotopic (exact) mass is 445 g/mol. The summed E-state index contributed by atoms with van der Waals surface area (Å²) in [6.07, 6.45) is -2.65. The first-order chi connectivity index (χ1) is 15.0. The SMILES string of the molecule is C[C@H](NC(=O)c1cc(-c2ccc(C(F)F)cc2)nn(-c2cccc(F)c2)c1=O)C(C)(C)O. The second-order valence-corrected chi connectivity index (χ2v) is 7.91. The highest BCUT2D eigenvalue weighted by Gasteiger charge is 2.26. The molecule has 1 amide bonds. The lowest BCUT2D eigenvalue weighted by Gasteiger charge is -2.26. The van der Waals surface area contributed by atoms with Gasteiger partial charge in [-0.05, 0) is 45.0 Å². The zero-order chi connectivity index (χ0) is 23.6. The van der Waals surface area contributed by atoms with Crippen molar-refractivity contribution in [2.45, 2.75) is 38.8 Å². The molecule has 0 aliphatic heterocycles. The molecule has 2 aromatic carbocycles. The average molecular weight is 445 g/mol. The molecule has 0 saturated carbocycles. The van der Waals surface area contributed by atoms with Crippen molar-refractivity contribution in [1.82, 2.24) is 15.1 Å². The lowest BCUT2D eigenvalue weighted by Crippen LogP contribution is -2.48. The van der Waals surface area contributed by atoms with Crippen LogP contribution in [0, 0.1) is 5.82 Å². The minimum Gasteiger partial charge on any atom is -0.388 e. The predicted octanol–water partition coefficient (Wildman–Crippen LogP) is 3.87. The van der Waals surface area contributed by atoms with Crippen LogP contribution in [0.25, 0.3) is 16.9 Å². The van der Waals surface area contributed by atoms with E-state index < -0.39 is 35.4 Å². The Kier molecular flexibility index (Phi) is 6.50. The summed E-state index contributed by atoms with van der Waals surface area (Å²) >= 11 is 0. The third-order valence-corrected chi connectivity index (χ3v) is 5.07. The number of carbonyl (C=O) groups excluding carboxylic acids is 1. The number of amides is 1. The van der Waals surface area contributed by atoms with Crippen LogP contribution in [0.2, 0.25) is 0 Å². The van der Waals surface area contributed by atoms with Crippen LogP contribution in [0.4, 0.5) is 13.2 Å². The standard InChI is InChI=1S/C23H22F3N3O3/c1-13(23(2,3)32)27-21(30)18-12-19(14-7-9-15(10-8-14)20(25)26)28-29(22(18)31)17-6-4-5-16(24)11-17/h4-13,20,32H,1-3H3,(H,27,30)/t13-/m0/s1. The highest BCUT2D eigenvalue weighted by Crippen LogP contribution is 2.24. The van der Waals surface area contributed by atoms with Crippen LogP contribution in [0.3, 0.4) is 0 Å². The highest BCUT2D eigenvalue weighted by atomic mass is 19.3. The largest absolute Gasteiger partial charge is 0.388 e. The number of benzene rings is 2. The van der Waals surface area contributed by atoms with Crippen LogP contribution in [-0.2, 0) is 0 Å². The van der Waals surface area contributed by atoms with Crippen molar-refractivity contribution in [1.29, 1.82) is 0 Å². The van der Waals surface area contributed by atoms with Gasteiger partial charge in [0.05, 0.1) is 23.0 Å². The van der Waals surface area contributed by atoms with Crippen LogP contribution < -0.4 is 10.9 Å². The van der Waals surface area contributed by atoms with Crippen LogP contribution >= 0.6 is 0 Å². The number of nitrogens with one attached hydrogen (secondary N) is 1. The summed E-state index contributed by atoms with van der Waals surface area (Å²) in [6.45, 7) is 4.59. The second kappa shape index (κ2) is 8.96. The van der Waals surface area contributed by atoms with Gasteiger partial charge in [0.25, 0.3) is 17.9 Å². The third-order valence-electron chi connectivity index (χ3n) is 5.07. The van der Waals surface area contributed by atoms with E-state index in [4.69, 9.17) is 0 Å². The second-order valence-electron chi connectivity index (χ2n) is 7.91. The molecule has 1 atom stereocenters. The lowest BCUT2D eigenvalue weighted by molar-refractivity contribution is 0.0408. The van der Waals surface area contributed by atoms with Gasteiger partial charge in [0.1, 0.15) is 11.4 Å². The van der Waals surface area contributed by atoms with Gasteiger partial charge >= 0.3 is 0 Å².